The first-order valence-corrected chi connectivity index (χ1v) is 3.89. The zero-order valence-electron chi connectivity index (χ0n) is 6.42. The summed E-state index contributed by atoms with van der Waals surface area (Å²) in [5, 5.41) is 17.3. The monoisotopic (exact) mass is 145 g/mol. The van der Waals surface area contributed by atoms with Gasteiger partial charge in [-0.25, -0.2) is 0 Å². The molecule has 0 aliphatic heterocycles. The third-order valence-electron chi connectivity index (χ3n) is 1.50. The molecule has 61 valence electrons. The highest BCUT2D eigenvalue weighted by Gasteiger charge is 1.99. The van der Waals surface area contributed by atoms with Crippen LogP contribution in [0, 0.1) is 6.92 Å². The molecule has 0 saturated carbocycles. The van der Waals surface area contributed by atoms with E-state index >= 15 is 0 Å². The van der Waals surface area contributed by atoms with Gasteiger partial charge in [0.1, 0.15) is 0 Å². The fraction of sp³-hybridized carbons (Fsp3) is 0.875. The fourth-order valence-electron chi connectivity index (χ4n) is 0.825. The maximum atomic E-state index is 8.89. The minimum absolute atomic E-state index is 0.107. The van der Waals surface area contributed by atoms with Crippen molar-refractivity contribution in [3.8, 4) is 0 Å². The SMILES string of the molecule is [CH2]CCCCCC(O)CO. The highest BCUT2D eigenvalue weighted by molar-refractivity contribution is 4.53. The summed E-state index contributed by atoms with van der Waals surface area (Å²) in [7, 11) is 0. The lowest BCUT2D eigenvalue weighted by atomic mass is 10.1. The molecule has 0 aromatic heterocycles. The Morgan fingerprint density at radius 3 is 2.40 bits per heavy atom. The lowest BCUT2D eigenvalue weighted by Gasteiger charge is -2.04. The van der Waals surface area contributed by atoms with Gasteiger partial charge in [0.25, 0.3) is 0 Å². The van der Waals surface area contributed by atoms with Crippen molar-refractivity contribution in [2.24, 2.45) is 0 Å². The predicted octanol–water partition coefficient (Wildman–Crippen LogP) is 1.12. The van der Waals surface area contributed by atoms with Crippen LogP contribution in [0.5, 0.6) is 0 Å². The maximum Gasteiger partial charge on any atom is 0.0770 e. The van der Waals surface area contributed by atoms with E-state index in [2.05, 4.69) is 6.92 Å². The van der Waals surface area contributed by atoms with E-state index in [0.717, 1.165) is 32.1 Å². The van der Waals surface area contributed by atoms with E-state index < -0.39 is 6.10 Å². The van der Waals surface area contributed by atoms with E-state index in [9.17, 15) is 0 Å². The molecule has 2 heteroatoms. The minimum Gasteiger partial charge on any atom is -0.394 e. The molecule has 0 rings (SSSR count). The summed E-state index contributed by atoms with van der Waals surface area (Å²) in [6.45, 7) is 3.60. The average Bonchev–Trinajstić information content (AvgIpc) is 1.98. The lowest BCUT2D eigenvalue weighted by Crippen LogP contribution is -2.10. The van der Waals surface area contributed by atoms with Crippen LogP contribution in [-0.2, 0) is 0 Å². The van der Waals surface area contributed by atoms with Gasteiger partial charge in [-0.1, -0.05) is 32.6 Å². The molecule has 0 saturated heterocycles. The first-order valence-electron chi connectivity index (χ1n) is 3.89. The summed E-state index contributed by atoms with van der Waals surface area (Å²) in [5.41, 5.74) is 0. The van der Waals surface area contributed by atoms with Crippen LogP contribution in [0.3, 0.4) is 0 Å². The highest BCUT2D eigenvalue weighted by atomic mass is 16.3. The Labute approximate surface area is 62.9 Å². The number of hydrogen-bond acceptors (Lipinski definition) is 2. The van der Waals surface area contributed by atoms with Gasteiger partial charge in [-0.2, -0.15) is 0 Å². The largest absolute Gasteiger partial charge is 0.394 e. The molecule has 0 amide bonds. The Bertz CT molecular complexity index is 64.3. The van der Waals surface area contributed by atoms with Crippen molar-refractivity contribution < 1.29 is 10.2 Å². The van der Waals surface area contributed by atoms with Gasteiger partial charge in [0.15, 0.2) is 0 Å². The molecule has 2 N–H and O–H groups in total. The fourth-order valence-corrected chi connectivity index (χ4v) is 0.825. The van der Waals surface area contributed by atoms with Gasteiger partial charge in [-0.05, 0) is 6.42 Å². The number of hydrogen-bond donors (Lipinski definition) is 2. The van der Waals surface area contributed by atoms with Crippen molar-refractivity contribution in [3.05, 3.63) is 6.92 Å². The second-order valence-corrected chi connectivity index (χ2v) is 2.54. The third-order valence-corrected chi connectivity index (χ3v) is 1.50. The molecular formula is C8H17O2. The zero-order valence-corrected chi connectivity index (χ0v) is 6.42. The van der Waals surface area contributed by atoms with Gasteiger partial charge in [-0.3, -0.25) is 0 Å². The van der Waals surface area contributed by atoms with Crippen LogP contribution in [0.15, 0.2) is 0 Å². The van der Waals surface area contributed by atoms with Gasteiger partial charge in [0, 0.05) is 0 Å². The molecule has 0 fully saturated rings. The Hall–Kier alpha value is -0.0800. The van der Waals surface area contributed by atoms with Gasteiger partial charge in [0.05, 0.1) is 12.7 Å². The van der Waals surface area contributed by atoms with Crippen LogP contribution in [0.25, 0.3) is 0 Å². The Kier molecular flexibility index (Phi) is 6.98. The second kappa shape index (κ2) is 7.03. The molecule has 10 heavy (non-hydrogen) atoms. The van der Waals surface area contributed by atoms with Crippen LogP contribution in [0.2, 0.25) is 0 Å². The van der Waals surface area contributed by atoms with E-state index in [0.29, 0.717) is 0 Å². The van der Waals surface area contributed by atoms with E-state index in [4.69, 9.17) is 10.2 Å². The summed E-state index contributed by atoms with van der Waals surface area (Å²) in [6, 6.07) is 0. The van der Waals surface area contributed by atoms with Crippen LogP contribution in [0.1, 0.15) is 32.1 Å². The molecule has 0 bridgehead atoms. The van der Waals surface area contributed by atoms with Gasteiger partial charge in [0.2, 0.25) is 0 Å². The number of unbranched alkanes of at least 4 members (excludes halogenated alkanes) is 3. The van der Waals surface area contributed by atoms with Crippen molar-refractivity contribution in [3.63, 3.8) is 0 Å². The van der Waals surface area contributed by atoms with E-state index in [1.807, 2.05) is 0 Å². The molecule has 1 unspecified atom stereocenters. The van der Waals surface area contributed by atoms with Crippen molar-refractivity contribution in [2.75, 3.05) is 6.61 Å². The van der Waals surface area contributed by atoms with Crippen molar-refractivity contribution in [1.29, 1.82) is 0 Å². The molecule has 0 aromatic rings. The summed E-state index contributed by atoms with van der Waals surface area (Å²) in [6.07, 6.45) is 4.41. The molecular weight excluding hydrogens is 128 g/mol. The number of rotatable bonds is 6. The highest BCUT2D eigenvalue weighted by Crippen LogP contribution is 2.04. The second-order valence-electron chi connectivity index (χ2n) is 2.54. The number of aliphatic hydroxyl groups is 2. The van der Waals surface area contributed by atoms with Crippen molar-refractivity contribution >= 4 is 0 Å². The van der Waals surface area contributed by atoms with E-state index in [1.54, 1.807) is 0 Å². The Balaban J connectivity index is 2.89. The van der Waals surface area contributed by atoms with E-state index in [1.165, 1.54) is 0 Å². The maximum absolute atomic E-state index is 8.89. The predicted molar refractivity (Wildman–Crippen MR) is 41.5 cm³/mol. The molecule has 0 aliphatic rings. The molecule has 0 heterocycles. The first-order chi connectivity index (χ1) is 4.81. The summed E-state index contributed by atoms with van der Waals surface area (Å²) < 4.78 is 0. The van der Waals surface area contributed by atoms with Crippen LogP contribution >= 0.6 is 0 Å². The topological polar surface area (TPSA) is 40.5 Å². The third kappa shape index (κ3) is 6.05. The van der Waals surface area contributed by atoms with Crippen LogP contribution in [0.4, 0.5) is 0 Å². The standard InChI is InChI=1S/C8H17O2/c1-2-3-4-5-6-8(10)7-9/h8-10H,1-7H2. The average molecular weight is 145 g/mol. The van der Waals surface area contributed by atoms with Gasteiger partial charge in [-0.15, -0.1) is 0 Å². The molecule has 0 aromatic carbocycles. The van der Waals surface area contributed by atoms with Crippen molar-refractivity contribution in [2.45, 2.75) is 38.2 Å². The minimum atomic E-state index is -0.509. The summed E-state index contributed by atoms with van der Waals surface area (Å²) in [5.74, 6) is 0. The molecule has 0 spiro atoms. The first kappa shape index (κ1) is 9.92. The van der Waals surface area contributed by atoms with Crippen LogP contribution in [-0.4, -0.2) is 22.9 Å². The lowest BCUT2D eigenvalue weighted by molar-refractivity contribution is 0.0860. The normalized spacial score (nSPS) is 13.5. The molecule has 0 aliphatic carbocycles. The Morgan fingerprint density at radius 2 is 1.90 bits per heavy atom. The van der Waals surface area contributed by atoms with E-state index in [-0.39, 0.29) is 6.61 Å². The van der Waals surface area contributed by atoms with Crippen LogP contribution < -0.4 is 0 Å². The summed E-state index contributed by atoms with van der Waals surface area (Å²) in [4.78, 5) is 0. The zero-order chi connectivity index (χ0) is 7.82. The van der Waals surface area contributed by atoms with Crippen molar-refractivity contribution in [1.82, 2.24) is 0 Å². The van der Waals surface area contributed by atoms with Gasteiger partial charge < -0.3 is 10.2 Å². The smallest absolute Gasteiger partial charge is 0.0770 e. The number of aliphatic hydroxyl groups excluding tert-OH is 2. The Morgan fingerprint density at radius 1 is 1.20 bits per heavy atom. The molecule has 2 nitrogen and oxygen atoms in total. The molecule has 1 atom stereocenters. The summed E-state index contributed by atoms with van der Waals surface area (Å²) >= 11 is 0. The molecule has 1 radical (unpaired) electrons. The quantitative estimate of drug-likeness (QED) is 0.550. The van der Waals surface area contributed by atoms with Gasteiger partial charge >= 0.3 is 0 Å².